The van der Waals surface area contributed by atoms with Gasteiger partial charge in [-0.3, -0.25) is 9.69 Å². The number of anilines is 1. The van der Waals surface area contributed by atoms with Crippen LogP contribution in [-0.4, -0.2) is 56.3 Å². The fraction of sp³-hybridized carbons (Fsp3) is 0.385. The van der Waals surface area contributed by atoms with Crippen LogP contribution in [0, 0.1) is 6.92 Å². The molecule has 3 heterocycles. The number of hydrogen-bond acceptors (Lipinski definition) is 6. The maximum Gasteiger partial charge on any atom is 0.253 e. The van der Waals surface area contributed by atoms with Gasteiger partial charge in [0.1, 0.15) is 6.04 Å². The van der Waals surface area contributed by atoms with Gasteiger partial charge in [-0.25, -0.2) is 4.68 Å². The molecule has 176 valence electrons. The largest absolute Gasteiger partial charge is 0.369 e. The third-order valence-corrected chi connectivity index (χ3v) is 6.59. The average Bonchev–Trinajstić information content (AvgIpc) is 3.32. The first kappa shape index (κ1) is 22.3. The Morgan fingerprint density at radius 2 is 1.71 bits per heavy atom. The number of para-hydroxylation sites is 2. The number of aromatic nitrogens is 5. The number of pyridine rings is 1. The van der Waals surface area contributed by atoms with Gasteiger partial charge in [0.25, 0.3) is 5.56 Å². The van der Waals surface area contributed by atoms with E-state index in [4.69, 9.17) is 0 Å². The Balaban J connectivity index is 1.57. The van der Waals surface area contributed by atoms with Gasteiger partial charge in [0.2, 0.25) is 0 Å². The maximum atomic E-state index is 13.4. The average molecular weight is 458 g/mol. The molecular formula is C26H31N7O. The molecule has 34 heavy (non-hydrogen) atoms. The summed E-state index contributed by atoms with van der Waals surface area (Å²) in [6.07, 6.45) is 0. The van der Waals surface area contributed by atoms with Crippen molar-refractivity contribution in [2.45, 2.75) is 39.3 Å². The summed E-state index contributed by atoms with van der Waals surface area (Å²) >= 11 is 0. The SMILES string of the molecule is Cc1cccc2cc([C@H](c3nnnn3C(C)(C)C)N3CCN(c4ccccc4)CC3)c(=O)[nH]c12. The molecule has 1 aliphatic heterocycles. The highest BCUT2D eigenvalue weighted by atomic mass is 16.1. The quantitative estimate of drug-likeness (QED) is 0.505. The monoisotopic (exact) mass is 457 g/mol. The van der Waals surface area contributed by atoms with Crippen LogP contribution in [0.15, 0.2) is 59.4 Å². The first-order chi connectivity index (χ1) is 16.3. The number of tetrazole rings is 1. The van der Waals surface area contributed by atoms with Crippen LogP contribution in [0.1, 0.15) is 43.8 Å². The fourth-order valence-electron chi connectivity index (χ4n) is 4.82. The highest BCUT2D eigenvalue weighted by Crippen LogP contribution is 2.31. The van der Waals surface area contributed by atoms with Gasteiger partial charge >= 0.3 is 0 Å². The molecule has 0 unspecified atom stereocenters. The van der Waals surface area contributed by atoms with Crippen molar-refractivity contribution in [1.82, 2.24) is 30.1 Å². The van der Waals surface area contributed by atoms with E-state index in [-0.39, 0.29) is 17.1 Å². The Labute approximate surface area is 199 Å². The molecule has 1 aliphatic rings. The van der Waals surface area contributed by atoms with Crippen molar-refractivity contribution in [2.75, 3.05) is 31.1 Å². The van der Waals surface area contributed by atoms with Crippen molar-refractivity contribution >= 4 is 16.6 Å². The van der Waals surface area contributed by atoms with Crippen molar-refractivity contribution < 1.29 is 0 Å². The second-order valence-electron chi connectivity index (χ2n) is 9.97. The molecule has 0 bridgehead atoms. The van der Waals surface area contributed by atoms with Crippen LogP contribution >= 0.6 is 0 Å². The number of rotatable bonds is 4. The number of nitrogens with one attached hydrogen (secondary N) is 1. The van der Waals surface area contributed by atoms with E-state index in [2.05, 4.69) is 75.3 Å². The molecule has 0 amide bonds. The van der Waals surface area contributed by atoms with Gasteiger partial charge < -0.3 is 9.88 Å². The lowest BCUT2D eigenvalue weighted by atomic mass is 10.00. The van der Waals surface area contributed by atoms with Gasteiger partial charge in [-0.15, -0.1) is 5.10 Å². The molecule has 2 aromatic carbocycles. The van der Waals surface area contributed by atoms with E-state index in [1.807, 2.05) is 41.9 Å². The summed E-state index contributed by atoms with van der Waals surface area (Å²) in [6.45, 7) is 11.5. The van der Waals surface area contributed by atoms with E-state index in [1.54, 1.807) is 0 Å². The molecule has 0 spiro atoms. The first-order valence-corrected chi connectivity index (χ1v) is 11.8. The van der Waals surface area contributed by atoms with Crippen LogP contribution in [0.3, 0.4) is 0 Å². The van der Waals surface area contributed by atoms with Crippen molar-refractivity contribution in [1.29, 1.82) is 0 Å². The van der Waals surface area contributed by atoms with Crippen LogP contribution in [0.25, 0.3) is 10.9 Å². The van der Waals surface area contributed by atoms with E-state index in [1.165, 1.54) is 5.69 Å². The molecule has 8 heteroatoms. The van der Waals surface area contributed by atoms with Gasteiger partial charge in [-0.1, -0.05) is 36.4 Å². The van der Waals surface area contributed by atoms with Crippen molar-refractivity contribution in [3.63, 3.8) is 0 Å². The summed E-state index contributed by atoms with van der Waals surface area (Å²) in [5.74, 6) is 0.693. The highest BCUT2D eigenvalue weighted by molar-refractivity contribution is 5.82. The number of aryl methyl sites for hydroxylation is 1. The van der Waals surface area contributed by atoms with E-state index in [9.17, 15) is 4.79 Å². The summed E-state index contributed by atoms with van der Waals surface area (Å²) in [5.41, 5.74) is 3.40. The highest BCUT2D eigenvalue weighted by Gasteiger charge is 2.35. The zero-order chi connectivity index (χ0) is 23.9. The molecule has 0 saturated carbocycles. The lowest BCUT2D eigenvalue weighted by Crippen LogP contribution is -2.49. The number of nitrogens with zero attached hydrogens (tertiary/aromatic N) is 6. The van der Waals surface area contributed by atoms with Gasteiger partial charge in [-0.05, 0) is 67.3 Å². The summed E-state index contributed by atoms with van der Waals surface area (Å²) in [7, 11) is 0. The van der Waals surface area contributed by atoms with Crippen molar-refractivity contribution in [2.24, 2.45) is 0 Å². The Morgan fingerprint density at radius 3 is 2.41 bits per heavy atom. The fourth-order valence-corrected chi connectivity index (χ4v) is 4.82. The molecule has 8 nitrogen and oxygen atoms in total. The molecule has 0 aliphatic carbocycles. The predicted molar refractivity (Wildman–Crippen MR) is 134 cm³/mol. The molecule has 4 aromatic rings. The molecule has 1 atom stereocenters. The van der Waals surface area contributed by atoms with Gasteiger partial charge in [-0.2, -0.15) is 0 Å². The minimum atomic E-state index is -0.346. The van der Waals surface area contributed by atoms with Gasteiger partial charge in [0.05, 0.1) is 11.1 Å². The number of aromatic amines is 1. The van der Waals surface area contributed by atoms with E-state index >= 15 is 0 Å². The standard InChI is InChI=1S/C26H31N7O/c1-18-9-8-10-19-17-21(25(34)27-22(18)19)23(24-28-29-30-33(24)26(2,3)4)32-15-13-31(14-16-32)20-11-6-5-7-12-20/h5-12,17,23H,13-16H2,1-4H3,(H,27,34)/t23-/m1/s1. The molecule has 5 rings (SSSR count). The minimum Gasteiger partial charge on any atom is -0.369 e. The molecule has 1 saturated heterocycles. The molecule has 0 radical (unpaired) electrons. The summed E-state index contributed by atoms with van der Waals surface area (Å²) < 4.78 is 1.85. The number of fused-ring (bicyclic) bond motifs is 1. The zero-order valence-electron chi connectivity index (χ0n) is 20.2. The van der Waals surface area contributed by atoms with E-state index in [0.717, 1.165) is 42.6 Å². The smallest absolute Gasteiger partial charge is 0.253 e. The number of H-pyrrole nitrogens is 1. The van der Waals surface area contributed by atoms with Gasteiger partial charge in [0.15, 0.2) is 5.82 Å². The lowest BCUT2D eigenvalue weighted by molar-refractivity contribution is 0.190. The number of benzene rings is 2. The molecule has 2 aromatic heterocycles. The zero-order valence-corrected chi connectivity index (χ0v) is 20.2. The maximum absolute atomic E-state index is 13.4. The Bertz CT molecular complexity index is 1350. The first-order valence-electron chi connectivity index (χ1n) is 11.8. The van der Waals surface area contributed by atoms with E-state index in [0.29, 0.717) is 11.4 Å². The number of piperazine rings is 1. The Kier molecular flexibility index (Phi) is 5.69. The summed E-state index contributed by atoms with van der Waals surface area (Å²) in [4.78, 5) is 21.3. The van der Waals surface area contributed by atoms with Crippen LogP contribution in [0.2, 0.25) is 0 Å². The normalized spacial score (nSPS) is 16.2. The van der Waals surface area contributed by atoms with Crippen LogP contribution in [-0.2, 0) is 5.54 Å². The number of hydrogen-bond donors (Lipinski definition) is 1. The molecular weight excluding hydrogens is 426 g/mol. The van der Waals surface area contributed by atoms with Crippen LogP contribution < -0.4 is 10.5 Å². The summed E-state index contributed by atoms with van der Waals surface area (Å²) in [6, 6.07) is 18.2. The van der Waals surface area contributed by atoms with Crippen LogP contribution in [0.4, 0.5) is 5.69 Å². The van der Waals surface area contributed by atoms with Crippen LogP contribution in [0.5, 0.6) is 0 Å². The predicted octanol–water partition coefficient (Wildman–Crippen LogP) is 3.49. The van der Waals surface area contributed by atoms with E-state index < -0.39 is 0 Å². The summed E-state index contributed by atoms with van der Waals surface area (Å²) in [5, 5.41) is 13.8. The van der Waals surface area contributed by atoms with Crippen molar-refractivity contribution in [3.8, 4) is 0 Å². The van der Waals surface area contributed by atoms with Gasteiger partial charge in [0, 0.05) is 37.4 Å². The van der Waals surface area contributed by atoms with Crippen molar-refractivity contribution in [3.05, 3.63) is 81.9 Å². The Morgan fingerprint density at radius 1 is 0.971 bits per heavy atom. The molecule has 1 fully saturated rings. The lowest BCUT2D eigenvalue weighted by Gasteiger charge is -2.40. The second-order valence-corrected chi connectivity index (χ2v) is 9.97. The third-order valence-electron chi connectivity index (χ3n) is 6.59. The topological polar surface area (TPSA) is 82.9 Å². The second kappa shape index (κ2) is 8.68. The third kappa shape index (κ3) is 4.09. The Hall–Kier alpha value is -3.52. The minimum absolute atomic E-state index is 0.0965. The molecule has 1 N–H and O–H groups in total.